The van der Waals surface area contributed by atoms with Crippen LogP contribution in [-0.4, -0.2) is 32.6 Å². The van der Waals surface area contributed by atoms with Crippen molar-refractivity contribution in [1.82, 2.24) is 4.31 Å². The molecule has 0 unspecified atom stereocenters. The van der Waals surface area contributed by atoms with Gasteiger partial charge in [0, 0.05) is 13.6 Å². The lowest BCUT2D eigenvalue weighted by molar-refractivity contribution is 0.431. The highest BCUT2D eigenvalue weighted by Gasteiger charge is 2.09. The van der Waals surface area contributed by atoms with Crippen molar-refractivity contribution in [3.05, 3.63) is 0 Å². The summed E-state index contributed by atoms with van der Waals surface area (Å²) in [5.74, 6) is 0.555. The molecule has 0 atom stereocenters. The Kier molecular flexibility index (Phi) is 8.67. The van der Waals surface area contributed by atoms with E-state index in [-0.39, 0.29) is 0 Å². The highest BCUT2D eigenvalue weighted by atomic mass is 32.2. The monoisotopic (exact) mass is 209 g/mol. The third-order valence-electron chi connectivity index (χ3n) is 1.59. The van der Waals surface area contributed by atoms with Gasteiger partial charge in [0.25, 0.3) is 0 Å². The van der Waals surface area contributed by atoms with E-state index in [2.05, 4.69) is 13.8 Å². The summed E-state index contributed by atoms with van der Waals surface area (Å²) >= 11 is 0. The molecule has 0 bridgehead atoms. The van der Waals surface area contributed by atoms with E-state index < -0.39 is 10.0 Å². The van der Waals surface area contributed by atoms with Gasteiger partial charge in [0.15, 0.2) is 0 Å². The van der Waals surface area contributed by atoms with Crippen molar-refractivity contribution in [2.24, 2.45) is 5.92 Å². The molecular weight excluding hydrogens is 186 g/mol. The van der Waals surface area contributed by atoms with Crippen LogP contribution in [0.15, 0.2) is 0 Å². The van der Waals surface area contributed by atoms with E-state index in [0.29, 0.717) is 12.5 Å². The van der Waals surface area contributed by atoms with Crippen molar-refractivity contribution in [2.75, 3.05) is 19.8 Å². The molecule has 0 aromatic heterocycles. The van der Waals surface area contributed by atoms with Gasteiger partial charge in [0.05, 0.1) is 6.26 Å². The zero-order valence-corrected chi connectivity index (χ0v) is 10.5. The fourth-order valence-electron chi connectivity index (χ4n) is 0.606. The number of rotatable bonds is 4. The fraction of sp³-hybridized carbons (Fsp3) is 1.00. The van der Waals surface area contributed by atoms with Crippen molar-refractivity contribution in [2.45, 2.75) is 34.1 Å². The molecule has 0 spiro atoms. The lowest BCUT2D eigenvalue weighted by atomic mass is 10.1. The van der Waals surface area contributed by atoms with Gasteiger partial charge in [0.1, 0.15) is 0 Å². The Morgan fingerprint density at radius 3 is 1.85 bits per heavy atom. The molecule has 0 rings (SSSR count). The summed E-state index contributed by atoms with van der Waals surface area (Å²) in [6.07, 6.45) is 2.15. The van der Waals surface area contributed by atoms with E-state index in [0.717, 1.165) is 6.42 Å². The third-order valence-corrected chi connectivity index (χ3v) is 2.90. The molecule has 0 amide bonds. The topological polar surface area (TPSA) is 37.4 Å². The minimum atomic E-state index is -2.97. The molecule has 0 aliphatic carbocycles. The molecule has 0 aromatic carbocycles. The predicted molar refractivity (Wildman–Crippen MR) is 58.3 cm³/mol. The van der Waals surface area contributed by atoms with Crippen molar-refractivity contribution in [3.63, 3.8) is 0 Å². The Morgan fingerprint density at radius 1 is 1.23 bits per heavy atom. The summed E-state index contributed by atoms with van der Waals surface area (Å²) in [5, 5.41) is 0. The first-order valence-electron chi connectivity index (χ1n) is 4.75. The maximum atomic E-state index is 10.9. The summed E-state index contributed by atoms with van der Waals surface area (Å²) in [6, 6.07) is 0. The van der Waals surface area contributed by atoms with E-state index in [1.165, 1.54) is 10.6 Å². The number of hydrogen-bond donors (Lipinski definition) is 0. The van der Waals surface area contributed by atoms with Crippen molar-refractivity contribution in [3.8, 4) is 0 Å². The van der Waals surface area contributed by atoms with Gasteiger partial charge in [-0.25, -0.2) is 12.7 Å². The van der Waals surface area contributed by atoms with Crippen LogP contribution in [0.2, 0.25) is 0 Å². The summed E-state index contributed by atoms with van der Waals surface area (Å²) in [5.41, 5.74) is 0. The van der Waals surface area contributed by atoms with Crippen LogP contribution in [0, 0.1) is 5.92 Å². The van der Waals surface area contributed by atoms with E-state index in [9.17, 15) is 8.42 Å². The smallest absolute Gasteiger partial charge is 0.210 e. The van der Waals surface area contributed by atoms with Crippen molar-refractivity contribution < 1.29 is 8.42 Å². The molecule has 0 saturated carbocycles. The lowest BCUT2D eigenvalue weighted by Crippen LogP contribution is -2.27. The minimum absolute atomic E-state index is 0.555. The number of hydrogen-bond acceptors (Lipinski definition) is 2. The van der Waals surface area contributed by atoms with Gasteiger partial charge in [-0.2, -0.15) is 0 Å². The zero-order valence-electron chi connectivity index (χ0n) is 9.66. The second-order valence-electron chi connectivity index (χ2n) is 3.27. The normalized spacial score (nSPS) is 11.4. The maximum absolute atomic E-state index is 10.9. The van der Waals surface area contributed by atoms with E-state index in [4.69, 9.17) is 0 Å². The largest absolute Gasteiger partial charge is 0.213 e. The first-order chi connectivity index (χ1) is 5.84. The van der Waals surface area contributed by atoms with Crippen LogP contribution in [0.5, 0.6) is 0 Å². The molecule has 0 aliphatic rings. The Labute approximate surface area is 83.2 Å². The van der Waals surface area contributed by atoms with Gasteiger partial charge in [-0.1, -0.05) is 27.7 Å². The number of sulfonamides is 1. The molecular formula is C9H23NO2S. The second kappa shape index (κ2) is 7.33. The molecule has 3 nitrogen and oxygen atoms in total. The molecule has 0 saturated heterocycles. The van der Waals surface area contributed by atoms with Crippen molar-refractivity contribution in [1.29, 1.82) is 0 Å². The van der Waals surface area contributed by atoms with E-state index in [1.807, 2.05) is 13.8 Å². The highest BCUT2D eigenvalue weighted by molar-refractivity contribution is 7.88. The average Bonchev–Trinajstić information content (AvgIpc) is 2.02. The minimum Gasteiger partial charge on any atom is -0.213 e. The summed E-state index contributed by atoms with van der Waals surface area (Å²) < 4.78 is 23.1. The van der Waals surface area contributed by atoms with E-state index in [1.54, 1.807) is 7.05 Å². The molecule has 0 radical (unpaired) electrons. The van der Waals surface area contributed by atoms with Gasteiger partial charge in [-0.3, -0.25) is 0 Å². The standard InChI is InChI=1S/C7H17NO2S.C2H6/c1-7(2)5-6-8(3)11(4,9)10;1-2/h7H,5-6H2,1-4H3;1-2H3. The van der Waals surface area contributed by atoms with Crippen LogP contribution in [-0.2, 0) is 10.0 Å². The molecule has 0 fully saturated rings. The SMILES string of the molecule is CC.CC(C)CCN(C)S(C)(=O)=O. The van der Waals surface area contributed by atoms with Crippen LogP contribution in [0.4, 0.5) is 0 Å². The Morgan fingerprint density at radius 2 is 1.62 bits per heavy atom. The summed E-state index contributed by atoms with van der Waals surface area (Å²) in [6.45, 7) is 8.78. The van der Waals surface area contributed by atoms with Gasteiger partial charge in [-0.15, -0.1) is 0 Å². The van der Waals surface area contributed by atoms with Gasteiger partial charge in [0.2, 0.25) is 10.0 Å². The summed E-state index contributed by atoms with van der Waals surface area (Å²) in [4.78, 5) is 0. The molecule has 13 heavy (non-hydrogen) atoms. The Bertz CT molecular complexity index is 198. The third kappa shape index (κ3) is 9.83. The van der Waals surface area contributed by atoms with E-state index >= 15 is 0 Å². The Balaban J connectivity index is 0. The van der Waals surface area contributed by atoms with Crippen LogP contribution in [0.3, 0.4) is 0 Å². The number of nitrogens with zero attached hydrogens (tertiary/aromatic N) is 1. The summed E-state index contributed by atoms with van der Waals surface area (Å²) in [7, 11) is -1.36. The molecule has 0 heterocycles. The van der Waals surface area contributed by atoms with Gasteiger partial charge < -0.3 is 0 Å². The van der Waals surface area contributed by atoms with Crippen LogP contribution >= 0.6 is 0 Å². The molecule has 0 aromatic rings. The molecule has 82 valence electrons. The maximum Gasteiger partial charge on any atom is 0.210 e. The van der Waals surface area contributed by atoms with Crippen molar-refractivity contribution >= 4 is 10.0 Å². The van der Waals surface area contributed by atoms with Gasteiger partial charge >= 0.3 is 0 Å². The highest BCUT2D eigenvalue weighted by Crippen LogP contribution is 2.02. The van der Waals surface area contributed by atoms with Gasteiger partial charge in [-0.05, 0) is 12.3 Å². The Hall–Kier alpha value is -0.0900. The first kappa shape index (κ1) is 15.4. The fourth-order valence-corrected chi connectivity index (χ4v) is 1.04. The molecule has 0 aliphatic heterocycles. The second-order valence-corrected chi connectivity index (χ2v) is 5.36. The zero-order chi connectivity index (χ0) is 11.1. The quantitative estimate of drug-likeness (QED) is 0.709. The average molecular weight is 209 g/mol. The molecule has 4 heteroatoms. The first-order valence-corrected chi connectivity index (χ1v) is 6.60. The lowest BCUT2D eigenvalue weighted by Gasteiger charge is -2.14. The van der Waals surface area contributed by atoms with Crippen LogP contribution in [0.1, 0.15) is 34.1 Å². The predicted octanol–water partition coefficient (Wildman–Crippen LogP) is 1.95. The molecule has 0 N–H and O–H groups in total. The van der Waals surface area contributed by atoms with Crippen LogP contribution < -0.4 is 0 Å². The van der Waals surface area contributed by atoms with Crippen LogP contribution in [0.25, 0.3) is 0 Å².